The Morgan fingerprint density at radius 2 is 1.95 bits per heavy atom. The fourth-order valence-corrected chi connectivity index (χ4v) is 1.93. The van der Waals surface area contributed by atoms with Gasteiger partial charge in [0, 0.05) is 5.02 Å². The first-order valence-electron chi connectivity index (χ1n) is 5.19. The molecular weight excluding hydrogens is 360 g/mol. The van der Waals surface area contributed by atoms with Gasteiger partial charge in [0.05, 0.1) is 11.3 Å². The van der Waals surface area contributed by atoms with Crippen molar-refractivity contribution in [3.05, 3.63) is 39.6 Å². The molecule has 9 heteroatoms. The Bertz CT molecular complexity index is 648. The molecule has 4 nitrogen and oxygen atoms in total. The predicted molar refractivity (Wildman–Crippen MR) is 73.9 cm³/mol. The molecule has 0 bridgehead atoms. The maximum absolute atomic E-state index is 12.9. The normalized spacial score (nSPS) is 11.4. The fraction of sp³-hybridized carbons (Fsp3) is 0.0909. The maximum Gasteiger partial charge on any atom is 0.418 e. The van der Waals surface area contributed by atoms with Gasteiger partial charge in [0.25, 0.3) is 0 Å². The first kappa shape index (κ1) is 14.9. The van der Waals surface area contributed by atoms with E-state index in [0.717, 1.165) is 12.4 Å². The van der Waals surface area contributed by atoms with Crippen LogP contribution in [0.3, 0.4) is 0 Å². The summed E-state index contributed by atoms with van der Waals surface area (Å²) in [5.41, 5.74) is 4.47. The van der Waals surface area contributed by atoms with Gasteiger partial charge >= 0.3 is 6.18 Å². The van der Waals surface area contributed by atoms with Crippen molar-refractivity contribution in [2.24, 2.45) is 0 Å². The van der Waals surface area contributed by atoms with Gasteiger partial charge in [-0.05, 0) is 34.1 Å². The molecule has 0 aliphatic heterocycles. The van der Waals surface area contributed by atoms with Crippen molar-refractivity contribution in [2.45, 2.75) is 6.18 Å². The molecule has 0 aliphatic rings. The van der Waals surface area contributed by atoms with E-state index in [0.29, 0.717) is 0 Å². The van der Waals surface area contributed by atoms with E-state index in [4.69, 9.17) is 17.3 Å². The van der Waals surface area contributed by atoms with Crippen LogP contribution in [0.4, 0.5) is 30.5 Å². The molecule has 1 heterocycles. The summed E-state index contributed by atoms with van der Waals surface area (Å²) in [6.45, 7) is 0. The number of benzene rings is 1. The third-order valence-electron chi connectivity index (χ3n) is 2.36. The molecule has 0 saturated heterocycles. The Morgan fingerprint density at radius 1 is 1.25 bits per heavy atom. The lowest BCUT2D eigenvalue weighted by atomic mass is 10.1. The summed E-state index contributed by atoms with van der Waals surface area (Å²) in [5.74, 6) is 0.246. The number of hydrogen-bond donors (Lipinski definition) is 2. The van der Waals surface area contributed by atoms with Crippen molar-refractivity contribution in [2.75, 3.05) is 11.1 Å². The minimum Gasteiger partial charge on any atom is -0.383 e. The number of nitrogen functional groups attached to an aromatic ring is 1. The molecular formula is C11H7BrClF3N4. The summed E-state index contributed by atoms with van der Waals surface area (Å²) in [4.78, 5) is 7.53. The Hall–Kier alpha value is -1.54. The second-order valence-corrected chi connectivity index (χ2v) is 4.96. The van der Waals surface area contributed by atoms with Gasteiger partial charge in [0.1, 0.15) is 22.4 Å². The van der Waals surface area contributed by atoms with Crippen LogP contribution in [0.2, 0.25) is 5.02 Å². The average Bonchev–Trinajstić information content (AvgIpc) is 2.36. The van der Waals surface area contributed by atoms with E-state index in [1.54, 1.807) is 0 Å². The molecule has 2 aromatic rings. The van der Waals surface area contributed by atoms with Gasteiger partial charge in [-0.15, -0.1) is 0 Å². The molecule has 0 fully saturated rings. The zero-order valence-electron chi connectivity index (χ0n) is 9.67. The predicted octanol–water partition coefficient (Wildman–Crippen LogP) is 4.24. The van der Waals surface area contributed by atoms with E-state index >= 15 is 0 Å². The topological polar surface area (TPSA) is 63.8 Å². The van der Waals surface area contributed by atoms with Gasteiger partial charge in [-0.25, -0.2) is 9.97 Å². The van der Waals surface area contributed by atoms with Gasteiger partial charge in [0.15, 0.2) is 0 Å². The van der Waals surface area contributed by atoms with Gasteiger partial charge < -0.3 is 11.1 Å². The summed E-state index contributed by atoms with van der Waals surface area (Å²) in [5, 5.41) is 2.55. The van der Waals surface area contributed by atoms with Crippen molar-refractivity contribution in [1.29, 1.82) is 0 Å². The third kappa shape index (κ3) is 3.13. The molecule has 0 spiro atoms. The monoisotopic (exact) mass is 366 g/mol. The Kier molecular flexibility index (Phi) is 4.05. The van der Waals surface area contributed by atoms with E-state index in [1.165, 1.54) is 12.1 Å². The highest BCUT2D eigenvalue weighted by Gasteiger charge is 2.34. The van der Waals surface area contributed by atoms with Crippen LogP contribution in [0, 0.1) is 0 Å². The number of aromatic nitrogens is 2. The van der Waals surface area contributed by atoms with E-state index in [2.05, 4.69) is 31.2 Å². The largest absolute Gasteiger partial charge is 0.418 e. The number of alkyl halides is 3. The Labute approximate surface area is 125 Å². The van der Waals surface area contributed by atoms with E-state index in [-0.39, 0.29) is 26.8 Å². The van der Waals surface area contributed by atoms with Gasteiger partial charge in [-0.3, -0.25) is 0 Å². The van der Waals surface area contributed by atoms with E-state index in [9.17, 15) is 13.2 Å². The van der Waals surface area contributed by atoms with Crippen molar-refractivity contribution < 1.29 is 13.2 Å². The average molecular weight is 368 g/mol. The zero-order valence-corrected chi connectivity index (χ0v) is 12.0. The quantitative estimate of drug-likeness (QED) is 0.833. The summed E-state index contributed by atoms with van der Waals surface area (Å²) in [6.07, 6.45) is -3.40. The molecule has 0 amide bonds. The molecule has 1 aromatic carbocycles. The zero-order chi connectivity index (χ0) is 14.9. The maximum atomic E-state index is 12.9. The summed E-state index contributed by atoms with van der Waals surface area (Å²) < 4.78 is 39.1. The second-order valence-electron chi connectivity index (χ2n) is 3.73. The molecule has 20 heavy (non-hydrogen) atoms. The Balaban J connectivity index is 2.46. The molecule has 0 atom stereocenters. The molecule has 0 radical (unpaired) electrons. The lowest BCUT2D eigenvalue weighted by molar-refractivity contribution is -0.136. The number of hydrogen-bond acceptors (Lipinski definition) is 4. The van der Waals surface area contributed by atoms with Crippen LogP contribution in [0.15, 0.2) is 29.0 Å². The van der Waals surface area contributed by atoms with Gasteiger partial charge in [0.2, 0.25) is 0 Å². The first-order chi connectivity index (χ1) is 9.29. The van der Waals surface area contributed by atoms with E-state index in [1.807, 2.05) is 0 Å². The van der Waals surface area contributed by atoms with Crippen LogP contribution < -0.4 is 11.1 Å². The standard InChI is InChI=1S/C11H7BrClF3N4/c12-8-9(17)18-4-19-10(8)20-7-2-1-5(13)3-6(7)11(14,15)16/h1-4H,(H3,17,18,19,20). The van der Waals surface area contributed by atoms with Crippen LogP contribution >= 0.6 is 27.5 Å². The van der Waals surface area contributed by atoms with Crippen molar-refractivity contribution in [1.82, 2.24) is 9.97 Å². The van der Waals surface area contributed by atoms with Gasteiger partial charge in [-0.2, -0.15) is 13.2 Å². The van der Waals surface area contributed by atoms with Crippen molar-refractivity contribution >= 4 is 44.9 Å². The first-order valence-corrected chi connectivity index (χ1v) is 6.36. The smallest absolute Gasteiger partial charge is 0.383 e. The van der Waals surface area contributed by atoms with Gasteiger partial charge in [-0.1, -0.05) is 11.6 Å². The Morgan fingerprint density at radius 3 is 2.60 bits per heavy atom. The lowest BCUT2D eigenvalue weighted by Gasteiger charge is -2.15. The van der Waals surface area contributed by atoms with Crippen molar-refractivity contribution in [3.63, 3.8) is 0 Å². The van der Waals surface area contributed by atoms with Crippen molar-refractivity contribution in [3.8, 4) is 0 Å². The van der Waals surface area contributed by atoms with Crippen LogP contribution in [0.5, 0.6) is 0 Å². The minimum absolute atomic E-state index is 0.0101. The molecule has 3 N–H and O–H groups in total. The molecule has 1 aromatic heterocycles. The molecule has 0 aliphatic carbocycles. The van der Waals surface area contributed by atoms with E-state index < -0.39 is 11.7 Å². The highest BCUT2D eigenvalue weighted by atomic mass is 79.9. The second kappa shape index (κ2) is 5.45. The number of halogens is 5. The minimum atomic E-state index is -4.54. The molecule has 0 unspecified atom stereocenters. The number of nitrogens with one attached hydrogen (secondary N) is 1. The highest BCUT2D eigenvalue weighted by molar-refractivity contribution is 9.10. The molecule has 2 rings (SSSR count). The number of anilines is 3. The van der Waals surface area contributed by atoms with Crippen LogP contribution in [0.25, 0.3) is 0 Å². The molecule has 106 valence electrons. The summed E-state index contributed by atoms with van der Waals surface area (Å²) in [6, 6.07) is 3.40. The number of rotatable bonds is 2. The third-order valence-corrected chi connectivity index (χ3v) is 3.37. The van der Waals surface area contributed by atoms with Crippen LogP contribution in [-0.2, 0) is 6.18 Å². The summed E-state index contributed by atoms with van der Waals surface area (Å²) >= 11 is 8.71. The lowest BCUT2D eigenvalue weighted by Crippen LogP contribution is -2.10. The summed E-state index contributed by atoms with van der Waals surface area (Å²) in [7, 11) is 0. The van der Waals surface area contributed by atoms with Crippen LogP contribution in [-0.4, -0.2) is 9.97 Å². The molecule has 0 saturated carbocycles. The SMILES string of the molecule is Nc1ncnc(Nc2ccc(Cl)cc2C(F)(F)F)c1Br. The number of nitrogens with zero attached hydrogens (tertiary/aromatic N) is 2. The van der Waals surface area contributed by atoms with Crippen LogP contribution in [0.1, 0.15) is 5.56 Å². The highest BCUT2D eigenvalue weighted by Crippen LogP contribution is 2.38. The fourth-order valence-electron chi connectivity index (χ4n) is 1.46. The number of nitrogens with two attached hydrogens (primary N) is 1.